The average molecular weight is 200 g/mol. The Morgan fingerprint density at radius 3 is 3.15 bits per heavy atom. The quantitative estimate of drug-likeness (QED) is 0.698. The number of hydrogen-bond donors (Lipinski definition) is 2. The van der Waals surface area contributed by atoms with E-state index in [-0.39, 0.29) is 11.9 Å². The molecule has 13 heavy (non-hydrogen) atoms. The van der Waals surface area contributed by atoms with E-state index in [0.29, 0.717) is 6.54 Å². The molecule has 3 N–H and O–H groups in total. The number of amides is 1. The second-order valence-electron chi connectivity index (χ2n) is 3.18. The monoisotopic (exact) mass is 200 g/mol. The van der Waals surface area contributed by atoms with Crippen LogP contribution in [0.1, 0.15) is 13.3 Å². The van der Waals surface area contributed by atoms with Gasteiger partial charge in [0.05, 0.1) is 0 Å². The molecule has 0 aromatic rings. The topological polar surface area (TPSA) is 55.1 Å². The van der Waals surface area contributed by atoms with Crippen LogP contribution in [0.2, 0.25) is 0 Å². The third kappa shape index (κ3) is 3.40. The molecule has 1 aliphatic heterocycles. The number of thioether (sulfide) groups is 1. The van der Waals surface area contributed by atoms with E-state index in [1.165, 1.54) is 0 Å². The van der Waals surface area contributed by atoms with Crippen molar-refractivity contribution in [1.82, 2.24) is 5.32 Å². The Labute approximate surface area is 83.1 Å². The van der Waals surface area contributed by atoms with Crippen molar-refractivity contribution in [2.75, 3.05) is 18.1 Å². The summed E-state index contributed by atoms with van der Waals surface area (Å²) in [5, 5.41) is 2.85. The van der Waals surface area contributed by atoms with E-state index in [0.717, 1.165) is 23.5 Å². The summed E-state index contributed by atoms with van der Waals surface area (Å²) in [6.45, 7) is 2.40. The maximum atomic E-state index is 11.5. The lowest BCUT2D eigenvalue weighted by molar-refractivity contribution is -0.117. The van der Waals surface area contributed by atoms with E-state index in [4.69, 9.17) is 5.73 Å². The van der Waals surface area contributed by atoms with Crippen LogP contribution in [0.5, 0.6) is 0 Å². The van der Waals surface area contributed by atoms with Gasteiger partial charge in [-0.3, -0.25) is 4.79 Å². The van der Waals surface area contributed by atoms with Gasteiger partial charge in [-0.15, -0.1) is 0 Å². The Hall–Kier alpha value is -0.480. The van der Waals surface area contributed by atoms with E-state index < -0.39 is 0 Å². The summed E-state index contributed by atoms with van der Waals surface area (Å²) in [6.07, 6.45) is 3.03. The lowest BCUT2D eigenvalue weighted by Gasteiger charge is -2.15. The van der Waals surface area contributed by atoms with Crippen molar-refractivity contribution in [3.05, 3.63) is 11.6 Å². The predicted molar refractivity (Wildman–Crippen MR) is 56.7 cm³/mol. The highest BCUT2D eigenvalue weighted by Crippen LogP contribution is 2.16. The zero-order chi connectivity index (χ0) is 9.68. The molecule has 0 radical (unpaired) electrons. The highest BCUT2D eigenvalue weighted by atomic mass is 32.2. The Morgan fingerprint density at radius 1 is 1.85 bits per heavy atom. The molecule has 74 valence electrons. The van der Waals surface area contributed by atoms with Gasteiger partial charge < -0.3 is 11.1 Å². The number of nitrogens with two attached hydrogens (primary N) is 1. The van der Waals surface area contributed by atoms with Crippen LogP contribution in [-0.2, 0) is 4.79 Å². The fraction of sp³-hybridized carbons (Fsp3) is 0.667. The molecule has 0 saturated heterocycles. The maximum absolute atomic E-state index is 11.5. The lowest BCUT2D eigenvalue weighted by atomic mass is 10.2. The van der Waals surface area contributed by atoms with Crippen LogP contribution in [-0.4, -0.2) is 30.0 Å². The van der Waals surface area contributed by atoms with E-state index in [2.05, 4.69) is 5.32 Å². The normalized spacial score (nSPS) is 19.1. The first-order valence-corrected chi connectivity index (χ1v) is 5.67. The first-order chi connectivity index (χ1) is 6.24. The second-order valence-corrected chi connectivity index (χ2v) is 4.29. The average Bonchev–Trinajstić information content (AvgIpc) is 2.19. The molecule has 1 rings (SSSR count). The Kier molecular flexibility index (Phi) is 4.32. The largest absolute Gasteiger partial charge is 0.349 e. The minimum atomic E-state index is 0.0464. The van der Waals surface area contributed by atoms with Gasteiger partial charge in [-0.2, -0.15) is 11.8 Å². The van der Waals surface area contributed by atoms with E-state index >= 15 is 0 Å². The van der Waals surface area contributed by atoms with Crippen LogP contribution >= 0.6 is 11.8 Å². The van der Waals surface area contributed by atoms with Gasteiger partial charge in [0, 0.05) is 23.9 Å². The van der Waals surface area contributed by atoms with E-state index in [1.807, 2.05) is 13.0 Å². The van der Waals surface area contributed by atoms with Crippen LogP contribution in [0.25, 0.3) is 0 Å². The summed E-state index contributed by atoms with van der Waals surface area (Å²) in [4.78, 5) is 11.5. The molecule has 1 heterocycles. The number of carbonyl (C=O) groups is 1. The zero-order valence-corrected chi connectivity index (χ0v) is 8.69. The van der Waals surface area contributed by atoms with Gasteiger partial charge in [-0.1, -0.05) is 6.08 Å². The third-order valence-corrected chi connectivity index (χ3v) is 2.97. The fourth-order valence-corrected chi connectivity index (χ4v) is 1.99. The maximum Gasteiger partial charge on any atom is 0.247 e. The number of hydrogen-bond acceptors (Lipinski definition) is 3. The molecule has 0 aliphatic carbocycles. The summed E-state index contributed by atoms with van der Waals surface area (Å²) in [5.41, 5.74) is 6.31. The molecule has 1 aliphatic rings. The molecule has 0 spiro atoms. The van der Waals surface area contributed by atoms with Crippen molar-refractivity contribution in [3.8, 4) is 0 Å². The van der Waals surface area contributed by atoms with Crippen molar-refractivity contribution in [3.63, 3.8) is 0 Å². The van der Waals surface area contributed by atoms with E-state index in [1.54, 1.807) is 11.8 Å². The summed E-state index contributed by atoms with van der Waals surface area (Å²) < 4.78 is 0. The molecule has 0 fully saturated rings. The molecule has 4 heteroatoms. The Balaban J connectivity index is 2.42. The SMILES string of the molecule is C[C@@H](CN)NC(=O)C1=CCCSC1. The van der Waals surface area contributed by atoms with Crippen LogP contribution in [0.3, 0.4) is 0 Å². The van der Waals surface area contributed by atoms with Crippen molar-refractivity contribution >= 4 is 17.7 Å². The highest BCUT2D eigenvalue weighted by Gasteiger charge is 2.13. The molecule has 0 aromatic carbocycles. The predicted octanol–water partition coefficient (Wildman–Crippen LogP) is 0.513. The standard InChI is InChI=1S/C9H16N2OS/c1-7(5-10)11-9(12)8-3-2-4-13-6-8/h3,7H,2,4-6,10H2,1H3,(H,11,12)/t7-/m0/s1. The van der Waals surface area contributed by atoms with Crippen molar-refractivity contribution in [1.29, 1.82) is 0 Å². The van der Waals surface area contributed by atoms with Crippen LogP contribution in [0.15, 0.2) is 11.6 Å². The number of rotatable bonds is 3. The summed E-state index contributed by atoms with van der Waals surface area (Å²) in [6, 6.07) is 0.0697. The first-order valence-electron chi connectivity index (χ1n) is 4.51. The van der Waals surface area contributed by atoms with Crippen molar-refractivity contribution < 1.29 is 4.79 Å². The van der Waals surface area contributed by atoms with Gasteiger partial charge in [-0.25, -0.2) is 0 Å². The van der Waals surface area contributed by atoms with Gasteiger partial charge in [0.25, 0.3) is 0 Å². The van der Waals surface area contributed by atoms with Gasteiger partial charge in [-0.05, 0) is 19.1 Å². The molecule has 3 nitrogen and oxygen atoms in total. The second kappa shape index (κ2) is 5.29. The van der Waals surface area contributed by atoms with Crippen LogP contribution in [0.4, 0.5) is 0 Å². The van der Waals surface area contributed by atoms with Crippen molar-refractivity contribution in [2.24, 2.45) is 5.73 Å². The molecule has 0 bridgehead atoms. The van der Waals surface area contributed by atoms with Crippen molar-refractivity contribution in [2.45, 2.75) is 19.4 Å². The van der Waals surface area contributed by atoms with Gasteiger partial charge >= 0.3 is 0 Å². The Morgan fingerprint density at radius 2 is 2.62 bits per heavy atom. The third-order valence-electron chi connectivity index (χ3n) is 1.93. The molecule has 0 aromatic heterocycles. The Bertz CT molecular complexity index is 216. The zero-order valence-electron chi connectivity index (χ0n) is 7.88. The molecule has 1 atom stereocenters. The summed E-state index contributed by atoms with van der Waals surface area (Å²) in [7, 11) is 0. The molecule has 1 amide bonds. The molecule has 0 unspecified atom stereocenters. The lowest BCUT2D eigenvalue weighted by Crippen LogP contribution is -2.39. The number of carbonyl (C=O) groups excluding carboxylic acids is 1. The fourth-order valence-electron chi connectivity index (χ4n) is 1.09. The first kappa shape index (κ1) is 10.6. The highest BCUT2D eigenvalue weighted by molar-refractivity contribution is 7.99. The smallest absolute Gasteiger partial charge is 0.247 e. The summed E-state index contributed by atoms with van der Waals surface area (Å²) >= 11 is 1.81. The minimum Gasteiger partial charge on any atom is -0.349 e. The minimum absolute atomic E-state index is 0.0464. The van der Waals surface area contributed by atoms with Crippen LogP contribution < -0.4 is 11.1 Å². The summed E-state index contributed by atoms with van der Waals surface area (Å²) in [5.74, 6) is 2.01. The van der Waals surface area contributed by atoms with Gasteiger partial charge in [0.1, 0.15) is 0 Å². The number of allylic oxidation sites excluding steroid dienone is 1. The number of nitrogens with one attached hydrogen (secondary N) is 1. The van der Waals surface area contributed by atoms with Gasteiger partial charge in [0.15, 0.2) is 0 Å². The van der Waals surface area contributed by atoms with Crippen LogP contribution in [0, 0.1) is 0 Å². The molecule has 0 saturated carbocycles. The van der Waals surface area contributed by atoms with E-state index in [9.17, 15) is 4.79 Å². The van der Waals surface area contributed by atoms with Gasteiger partial charge in [0.2, 0.25) is 5.91 Å². The molecular weight excluding hydrogens is 184 g/mol. The molecular formula is C9H16N2OS.